The number of ether oxygens (including phenoxy) is 1. The van der Waals surface area contributed by atoms with Gasteiger partial charge in [0.05, 0.1) is 6.21 Å². The lowest BCUT2D eigenvalue weighted by atomic mass is 10.2. The number of aromatic nitrogens is 3. The highest BCUT2D eigenvalue weighted by Gasteiger charge is 2.44. The highest BCUT2D eigenvalue weighted by Crippen LogP contribution is 2.28. The molecule has 0 bridgehead atoms. The van der Waals surface area contributed by atoms with Crippen molar-refractivity contribution in [3.8, 4) is 5.75 Å². The van der Waals surface area contributed by atoms with E-state index in [4.69, 9.17) is 0 Å². The molecule has 1 aromatic carbocycles. The number of H-pyrrole nitrogens is 1. The van der Waals surface area contributed by atoms with E-state index in [1.54, 1.807) is 0 Å². The van der Waals surface area contributed by atoms with Crippen molar-refractivity contribution >= 4 is 18.4 Å². The minimum atomic E-state index is -4.84. The van der Waals surface area contributed by atoms with Crippen LogP contribution in [0.2, 0.25) is 0 Å². The molecule has 136 valence electrons. The molecule has 25 heavy (non-hydrogen) atoms. The third-order valence-electron chi connectivity index (χ3n) is 2.59. The molecule has 1 N–H and O–H groups in total. The Labute approximate surface area is 139 Å². The number of hydrogen-bond donors (Lipinski definition) is 1. The maximum atomic E-state index is 12.8. The number of alkyl halides is 7. The number of nitrogens with zero attached hydrogens (tertiary/aromatic N) is 3. The van der Waals surface area contributed by atoms with Gasteiger partial charge in [0, 0.05) is 0 Å². The van der Waals surface area contributed by atoms with E-state index in [-0.39, 0.29) is 10.2 Å². The van der Waals surface area contributed by atoms with Gasteiger partial charge in [-0.1, -0.05) is 12.1 Å². The Balaban J connectivity index is 2.28. The maximum absolute atomic E-state index is 12.8. The first kappa shape index (κ1) is 18.9. The van der Waals surface area contributed by atoms with Crippen LogP contribution in [0.3, 0.4) is 0 Å². The number of rotatable bonds is 5. The zero-order valence-corrected chi connectivity index (χ0v) is 12.6. The molecular weight excluding hydrogens is 381 g/mol. The monoisotopic (exact) mass is 388 g/mol. The van der Waals surface area contributed by atoms with Crippen LogP contribution in [0.15, 0.2) is 29.4 Å². The van der Waals surface area contributed by atoms with Crippen LogP contribution in [-0.2, 0) is 6.18 Å². The summed E-state index contributed by atoms with van der Waals surface area (Å²) in [5, 5.41) is 8.35. The average Bonchev–Trinajstić information content (AvgIpc) is 2.86. The summed E-state index contributed by atoms with van der Waals surface area (Å²) in [5.41, 5.74) is -0.00112. The third-order valence-corrected chi connectivity index (χ3v) is 2.86. The van der Waals surface area contributed by atoms with Crippen LogP contribution < -0.4 is 4.74 Å². The Bertz CT molecular complexity index is 827. The zero-order valence-electron chi connectivity index (χ0n) is 11.8. The molecular formula is C12H7F7N4OS. The molecule has 2 aromatic rings. The molecule has 0 spiro atoms. The van der Waals surface area contributed by atoms with Gasteiger partial charge in [0.25, 0.3) is 5.82 Å². The molecule has 0 amide bonds. The van der Waals surface area contributed by atoms with Crippen LogP contribution in [0.1, 0.15) is 11.4 Å². The SMILES string of the molecule is FC(F)C(F)(F)Oc1cccc(/C=N\n2c(C(F)(F)F)n[nH]c2=S)c1. The van der Waals surface area contributed by atoms with Crippen LogP contribution in [0, 0.1) is 4.77 Å². The number of hydrogen-bond acceptors (Lipinski definition) is 4. The molecule has 0 saturated heterocycles. The maximum Gasteiger partial charge on any atom is 0.461 e. The minimum absolute atomic E-state index is 0.00112. The number of halogens is 7. The van der Waals surface area contributed by atoms with E-state index >= 15 is 0 Å². The summed E-state index contributed by atoms with van der Waals surface area (Å²) in [4.78, 5) is 0. The van der Waals surface area contributed by atoms with Crippen molar-refractivity contribution in [1.82, 2.24) is 14.9 Å². The van der Waals surface area contributed by atoms with Gasteiger partial charge in [-0.2, -0.15) is 40.5 Å². The van der Waals surface area contributed by atoms with Gasteiger partial charge in [-0.25, -0.2) is 5.10 Å². The topological polar surface area (TPSA) is 55.2 Å². The predicted molar refractivity (Wildman–Crippen MR) is 73.4 cm³/mol. The van der Waals surface area contributed by atoms with Crippen LogP contribution >= 0.6 is 12.2 Å². The first-order valence-corrected chi connectivity index (χ1v) is 6.65. The van der Waals surface area contributed by atoms with Crippen LogP contribution in [0.25, 0.3) is 0 Å². The van der Waals surface area contributed by atoms with E-state index in [1.807, 2.05) is 5.10 Å². The number of nitrogens with one attached hydrogen (secondary N) is 1. The van der Waals surface area contributed by atoms with E-state index in [0.29, 0.717) is 0 Å². The second-order valence-electron chi connectivity index (χ2n) is 4.44. The molecule has 0 fully saturated rings. The summed E-state index contributed by atoms with van der Waals surface area (Å²) in [6, 6.07) is 4.29. The lowest BCUT2D eigenvalue weighted by Crippen LogP contribution is -2.33. The summed E-state index contributed by atoms with van der Waals surface area (Å²) in [6.45, 7) is 0. The van der Waals surface area contributed by atoms with Crippen molar-refractivity contribution in [1.29, 1.82) is 0 Å². The number of benzene rings is 1. The van der Waals surface area contributed by atoms with Crippen molar-refractivity contribution < 1.29 is 35.5 Å². The Kier molecular flexibility index (Phi) is 5.15. The minimum Gasteiger partial charge on any atom is -0.428 e. The molecule has 0 atom stereocenters. The molecule has 0 aliphatic heterocycles. The molecule has 5 nitrogen and oxygen atoms in total. The lowest BCUT2D eigenvalue weighted by Gasteiger charge is -2.16. The molecule has 2 rings (SSSR count). The van der Waals surface area contributed by atoms with Crippen LogP contribution in [0.5, 0.6) is 5.75 Å². The van der Waals surface area contributed by atoms with Crippen molar-refractivity contribution in [3.05, 3.63) is 40.4 Å². The Morgan fingerprint density at radius 3 is 2.52 bits per heavy atom. The van der Waals surface area contributed by atoms with Crippen molar-refractivity contribution in [3.63, 3.8) is 0 Å². The van der Waals surface area contributed by atoms with Crippen molar-refractivity contribution in [2.75, 3.05) is 0 Å². The third kappa shape index (κ3) is 4.55. The molecule has 0 aliphatic rings. The molecule has 0 unspecified atom stereocenters. The van der Waals surface area contributed by atoms with Gasteiger partial charge in [0.1, 0.15) is 5.75 Å². The zero-order chi connectivity index (χ0) is 18.8. The Hall–Kier alpha value is -2.44. The smallest absolute Gasteiger partial charge is 0.428 e. The lowest BCUT2D eigenvalue weighted by molar-refractivity contribution is -0.253. The van der Waals surface area contributed by atoms with E-state index in [2.05, 4.69) is 27.2 Å². The van der Waals surface area contributed by atoms with Crippen LogP contribution in [0.4, 0.5) is 30.7 Å². The fraction of sp³-hybridized carbons (Fsp3) is 0.250. The first-order chi connectivity index (χ1) is 11.5. The molecule has 0 aliphatic carbocycles. The summed E-state index contributed by atoms with van der Waals surface area (Å²) in [5.74, 6) is -2.05. The fourth-order valence-electron chi connectivity index (χ4n) is 1.57. The van der Waals surface area contributed by atoms with Crippen LogP contribution in [-0.4, -0.2) is 33.6 Å². The second-order valence-corrected chi connectivity index (χ2v) is 4.83. The number of aromatic amines is 1. The Morgan fingerprint density at radius 1 is 1.24 bits per heavy atom. The molecule has 1 heterocycles. The van der Waals surface area contributed by atoms with Gasteiger partial charge < -0.3 is 4.74 Å². The molecule has 1 aromatic heterocycles. The van der Waals surface area contributed by atoms with E-state index < -0.39 is 35.1 Å². The van der Waals surface area contributed by atoms with Crippen molar-refractivity contribution in [2.45, 2.75) is 18.7 Å². The van der Waals surface area contributed by atoms with E-state index in [1.165, 1.54) is 6.07 Å². The standard InChI is InChI=1S/C12H7F7N4OS/c13-8(14)12(18,19)24-7-3-1-2-6(4-7)5-20-23-9(11(15,16)17)21-22-10(23)25/h1-5,8H,(H,22,25)/b20-5-. The van der Waals surface area contributed by atoms with E-state index in [9.17, 15) is 30.7 Å². The van der Waals surface area contributed by atoms with Gasteiger partial charge in [0.15, 0.2) is 0 Å². The summed E-state index contributed by atoms with van der Waals surface area (Å²) in [7, 11) is 0. The van der Waals surface area contributed by atoms with Gasteiger partial charge in [-0.05, 0) is 29.9 Å². The largest absolute Gasteiger partial charge is 0.461 e. The highest BCUT2D eigenvalue weighted by atomic mass is 32.1. The molecule has 0 saturated carbocycles. The highest BCUT2D eigenvalue weighted by molar-refractivity contribution is 7.71. The Morgan fingerprint density at radius 2 is 1.92 bits per heavy atom. The average molecular weight is 388 g/mol. The quantitative estimate of drug-likeness (QED) is 0.477. The molecule has 13 heteroatoms. The van der Waals surface area contributed by atoms with Gasteiger partial charge >= 0.3 is 18.7 Å². The fourth-order valence-corrected chi connectivity index (χ4v) is 1.75. The van der Waals surface area contributed by atoms with Gasteiger partial charge in [-0.15, -0.1) is 5.10 Å². The van der Waals surface area contributed by atoms with E-state index in [0.717, 1.165) is 24.4 Å². The summed E-state index contributed by atoms with van der Waals surface area (Å²) in [6.07, 6.45) is -12.8. The van der Waals surface area contributed by atoms with Gasteiger partial charge in [0.2, 0.25) is 4.77 Å². The normalized spacial score (nSPS) is 13.0. The second kappa shape index (κ2) is 6.82. The summed E-state index contributed by atoms with van der Waals surface area (Å²) >= 11 is 4.61. The predicted octanol–water partition coefficient (Wildman–Crippen LogP) is 4.08. The first-order valence-electron chi connectivity index (χ1n) is 6.25. The van der Waals surface area contributed by atoms with Gasteiger partial charge in [-0.3, -0.25) is 0 Å². The summed E-state index contributed by atoms with van der Waals surface area (Å²) < 4.78 is 91.7. The van der Waals surface area contributed by atoms with Crippen molar-refractivity contribution in [2.24, 2.45) is 5.10 Å². The molecule has 0 radical (unpaired) electrons.